The molecule has 0 saturated carbocycles. The molecule has 0 aliphatic carbocycles. The van der Waals surface area contributed by atoms with Crippen LogP contribution in [0.5, 0.6) is 0 Å². The molecule has 2 amide bonds. The molecule has 0 N–H and O–H groups in total. The van der Waals surface area contributed by atoms with Gasteiger partial charge in [0.25, 0.3) is 11.8 Å². The van der Waals surface area contributed by atoms with Gasteiger partial charge in [0.15, 0.2) is 0 Å². The first-order chi connectivity index (χ1) is 12.5. The minimum absolute atomic E-state index is 0.00419. The highest BCUT2D eigenvalue weighted by atomic mass is 16.5. The van der Waals surface area contributed by atoms with Gasteiger partial charge in [0, 0.05) is 6.20 Å². The Balaban J connectivity index is 1.84. The number of hydrogen-bond donors (Lipinski definition) is 0. The van der Waals surface area contributed by atoms with E-state index in [1.807, 2.05) is 13.8 Å². The highest BCUT2D eigenvalue weighted by Gasteiger charge is 2.45. The van der Waals surface area contributed by atoms with E-state index in [-0.39, 0.29) is 12.5 Å². The summed E-state index contributed by atoms with van der Waals surface area (Å²) in [5.41, 5.74) is 1.25. The van der Waals surface area contributed by atoms with Gasteiger partial charge in [-0.05, 0) is 30.2 Å². The molecule has 0 radical (unpaired) electrons. The second kappa shape index (κ2) is 7.47. The van der Waals surface area contributed by atoms with Crippen molar-refractivity contribution in [1.82, 2.24) is 9.88 Å². The van der Waals surface area contributed by atoms with Gasteiger partial charge in [0.1, 0.15) is 12.6 Å². The summed E-state index contributed by atoms with van der Waals surface area (Å²) in [6.07, 6.45) is 2.23. The van der Waals surface area contributed by atoms with E-state index in [2.05, 4.69) is 4.98 Å². The lowest BCUT2D eigenvalue weighted by molar-refractivity contribution is -0.151. The normalized spacial score (nSPS) is 15.5. The summed E-state index contributed by atoms with van der Waals surface area (Å²) in [5.74, 6) is -1.73. The van der Waals surface area contributed by atoms with Crippen LogP contribution in [0.4, 0.5) is 0 Å². The van der Waals surface area contributed by atoms with Crippen molar-refractivity contribution >= 4 is 17.8 Å². The van der Waals surface area contributed by atoms with Crippen LogP contribution in [0, 0.1) is 5.92 Å². The molecule has 6 heteroatoms. The van der Waals surface area contributed by atoms with Gasteiger partial charge in [0.2, 0.25) is 0 Å². The van der Waals surface area contributed by atoms with E-state index < -0.39 is 23.8 Å². The molecule has 0 bridgehead atoms. The number of fused-ring (bicyclic) bond motifs is 1. The monoisotopic (exact) mass is 352 g/mol. The Morgan fingerprint density at radius 3 is 2.23 bits per heavy atom. The van der Waals surface area contributed by atoms with Gasteiger partial charge in [-0.25, -0.2) is 4.79 Å². The van der Waals surface area contributed by atoms with E-state index in [1.165, 1.54) is 0 Å². The summed E-state index contributed by atoms with van der Waals surface area (Å²) in [5, 5.41) is 0. The van der Waals surface area contributed by atoms with Crippen molar-refractivity contribution < 1.29 is 19.1 Å². The topological polar surface area (TPSA) is 76.6 Å². The molecule has 1 aromatic heterocycles. The zero-order valence-electron chi connectivity index (χ0n) is 14.7. The van der Waals surface area contributed by atoms with E-state index in [4.69, 9.17) is 4.74 Å². The van der Waals surface area contributed by atoms with E-state index in [0.717, 1.165) is 4.90 Å². The number of esters is 1. The fourth-order valence-electron chi connectivity index (χ4n) is 2.99. The SMILES string of the molecule is CC[C@H](C)[C@@H](C(=O)OCc1ccccn1)N1C(=O)c2ccccc2C1=O. The third-order valence-electron chi connectivity index (χ3n) is 4.62. The van der Waals surface area contributed by atoms with Crippen molar-refractivity contribution in [2.24, 2.45) is 5.92 Å². The lowest BCUT2D eigenvalue weighted by Gasteiger charge is -2.28. The number of benzene rings is 1. The molecule has 0 saturated heterocycles. The lowest BCUT2D eigenvalue weighted by atomic mass is 9.97. The molecular formula is C20H20N2O4. The average molecular weight is 352 g/mol. The molecule has 0 fully saturated rings. The first kappa shape index (κ1) is 17.8. The largest absolute Gasteiger partial charge is 0.458 e. The molecule has 3 rings (SSSR count). The van der Waals surface area contributed by atoms with Gasteiger partial charge >= 0.3 is 5.97 Å². The van der Waals surface area contributed by atoms with Gasteiger partial charge in [0.05, 0.1) is 16.8 Å². The number of amides is 2. The first-order valence-electron chi connectivity index (χ1n) is 8.58. The predicted molar refractivity (Wildman–Crippen MR) is 94.2 cm³/mol. The summed E-state index contributed by atoms with van der Waals surface area (Å²) in [7, 11) is 0. The van der Waals surface area contributed by atoms with Crippen molar-refractivity contribution in [2.45, 2.75) is 32.9 Å². The number of rotatable bonds is 6. The fourth-order valence-corrected chi connectivity index (χ4v) is 2.99. The number of imide groups is 1. The Morgan fingerprint density at radius 2 is 1.69 bits per heavy atom. The highest BCUT2D eigenvalue weighted by Crippen LogP contribution is 2.28. The number of hydrogen-bond acceptors (Lipinski definition) is 5. The van der Waals surface area contributed by atoms with Crippen LogP contribution in [0.3, 0.4) is 0 Å². The van der Waals surface area contributed by atoms with Crippen molar-refractivity contribution in [3.63, 3.8) is 0 Å². The summed E-state index contributed by atoms with van der Waals surface area (Å²) in [4.78, 5) is 43.4. The number of carbonyl (C=O) groups is 3. The van der Waals surface area contributed by atoms with E-state index >= 15 is 0 Å². The van der Waals surface area contributed by atoms with E-state index in [9.17, 15) is 14.4 Å². The standard InChI is InChI=1S/C20H20N2O4/c1-3-13(2)17(20(25)26-12-14-8-6-7-11-21-14)22-18(23)15-9-4-5-10-16(15)19(22)24/h4-11,13,17H,3,12H2,1-2H3/t13-,17-/m0/s1. The second-order valence-corrected chi connectivity index (χ2v) is 6.29. The molecular weight excluding hydrogens is 332 g/mol. The Morgan fingerprint density at radius 1 is 1.08 bits per heavy atom. The maximum absolute atomic E-state index is 12.7. The van der Waals surface area contributed by atoms with Gasteiger partial charge in [-0.3, -0.25) is 19.5 Å². The minimum Gasteiger partial charge on any atom is -0.458 e. The highest BCUT2D eigenvalue weighted by molar-refractivity contribution is 6.22. The van der Waals surface area contributed by atoms with E-state index in [1.54, 1.807) is 48.7 Å². The molecule has 0 spiro atoms. The molecule has 26 heavy (non-hydrogen) atoms. The van der Waals surface area contributed by atoms with Crippen molar-refractivity contribution in [3.8, 4) is 0 Å². The van der Waals surface area contributed by atoms with Crippen LogP contribution in [-0.2, 0) is 16.1 Å². The van der Waals surface area contributed by atoms with Crippen LogP contribution in [0.15, 0.2) is 48.7 Å². The first-order valence-corrected chi connectivity index (χ1v) is 8.58. The molecule has 0 unspecified atom stereocenters. The smallest absolute Gasteiger partial charge is 0.330 e. The Labute approximate surface area is 151 Å². The van der Waals surface area contributed by atoms with Crippen LogP contribution in [0.1, 0.15) is 46.7 Å². The third-order valence-corrected chi connectivity index (χ3v) is 4.62. The molecule has 6 nitrogen and oxygen atoms in total. The van der Waals surface area contributed by atoms with Crippen molar-refractivity contribution in [1.29, 1.82) is 0 Å². The van der Waals surface area contributed by atoms with E-state index in [0.29, 0.717) is 23.2 Å². The maximum Gasteiger partial charge on any atom is 0.330 e. The summed E-state index contributed by atoms with van der Waals surface area (Å²) in [6.45, 7) is 3.73. The third kappa shape index (κ3) is 3.22. The molecule has 2 aromatic rings. The lowest BCUT2D eigenvalue weighted by Crippen LogP contribution is -2.49. The van der Waals surface area contributed by atoms with Crippen molar-refractivity contribution in [3.05, 3.63) is 65.5 Å². The Bertz CT molecular complexity index is 800. The second-order valence-electron chi connectivity index (χ2n) is 6.29. The van der Waals surface area contributed by atoms with Gasteiger partial charge in [-0.15, -0.1) is 0 Å². The number of nitrogens with zero attached hydrogens (tertiary/aromatic N) is 2. The number of pyridine rings is 1. The molecule has 2 heterocycles. The van der Waals surface area contributed by atoms with Crippen LogP contribution in [0.2, 0.25) is 0 Å². The predicted octanol–water partition coefficient (Wildman–Crippen LogP) is 2.84. The van der Waals surface area contributed by atoms with Crippen LogP contribution in [0.25, 0.3) is 0 Å². The van der Waals surface area contributed by atoms with Crippen LogP contribution >= 0.6 is 0 Å². The van der Waals surface area contributed by atoms with Gasteiger partial charge in [-0.1, -0.05) is 38.5 Å². The average Bonchev–Trinajstić information content (AvgIpc) is 2.92. The van der Waals surface area contributed by atoms with Gasteiger partial charge < -0.3 is 4.74 Å². The quantitative estimate of drug-likeness (QED) is 0.590. The molecule has 1 aliphatic heterocycles. The van der Waals surface area contributed by atoms with Crippen LogP contribution in [-0.4, -0.2) is 33.7 Å². The van der Waals surface area contributed by atoms with Crippen LogP contribution < -0.4 is 0 Å². The minimum atomic E-state index is -0.962. The molecule has 2 atom stereocenters. The van der Waals surface area contributed by atoms with Gasteiger partial charge in [-0.2, -0.15) is 0 Å². The summed E-state index contributed by atoms with van der Waals surface area (Å²) < 4.78 is 5.37. The maximum atomic E-state index is 12.7. The molecule has 134 valence electrons. The molecule has 1 aliphatic rings. The van der Waals surface area contributed by atoms with Crippen molar-refractivity contribution in [2.75, 3.05) is 0 Å². The number of ether oxygens (including phenoxy) is 1. The fraction of sp³-hybridized carbons (Fsp3) is 0.300. The number of aromatic nitrogens is 1. The molecule has 1 aromatic carbocycles. The summed E-state index contributed by atoms with van der Waals surface area (Å²) >= 11 is 0. The summed E-state index contributed by atoms with van der Waals surface area (Å²) in [6, 6.07) is 10.9. The zero-order chi connectivity index (χ0) is 18.7. The Hall–Kier alpha value is -3.02. The number of carbonyl (C=O) groups excluding carboxylic acids is 3. The zero-order valence-corrected chi connectivity index (χ0v) is 14.7. The Kier molecular flexibility index (Phi) is 5.11.